The summed E-state index contributed by atoms with van der Waals surface area (Å²) < 4.78 is 10.6. The van der Waals surface area contributed by atoms with Gasteiger partial charge in [0.2, 0.25) is 0 Å². The second kappa shape index (κ2) is 8.28. The molecule has 0 bridgehead atoms. The monoisotopic (exact) mass is 284 g/mol. The van der Waals surface area contributed by atoms with E-state index >= 15 is 0 Å². The van der Waals surface area contributed by atoms with Crippen molar-refractivity contribution in [2.75, 3.05) is 13.2 Å². The van der Waals surface area contributed by atoms with Crippen LogP contribution in [-0.4, -0.2) is 25.2 Å². The van der Waals surface area contributed by atoms with E-state index in [1.165, 1.54) is 0 Å². The summed E-state index contributed by atoms with van der Waals surface area (Å²) in [4.78, 5) is 24.3. The molecule has 2 atom stereocenters. The van der Waals surface area contributed by atoms with E-state index in [9.17, 15) is 9.59 Å². The fourth-order valence-electron chi connectivity index (χ4n) is 2.41. The molecule has 1 fully saturated rings. The molecule has 0 aliphatic heterocycles. The van der Waals surface area contributed by atoms with E-state index in [4.69, 9.17) is 9.47 Å². The van der Waals surface area contributed by atoms with Crippen molar-refractivity contribution in [3.05, 3.63) is 0 Å². The molecule has 116 valence electrons. The average Bonchev–Trinajstić information content (AvgIpc) is 2.42. The van der Waals surface area contributed by atoms with Crippen LogP contribution in [0.25, 0.3) is 0 Å². The fourth-order valence-corrected chi connectivity index (χ4v) is 2.41. The molecule has 0 radical (unpaired) electrons. The minimum atomic E-state index is -0.317. The van der Waals surface area contributed by atoms with Crippen LogP contribution >= 0.6 is 0 Å². The van der Waals surface area contributed by atoms with Crippen molar-refractivity contribution in [1.29, 1.82) is 0 Å². The van der Waals surface area contributed by atoms with Gasteiger partial charge < -0.3 is 9.47 Å². The lowest BCUT2D eigenvalue weighted by Crippen LogP contribution is -2.35. The predicted octanol–water partition coefficient (Wildman–Crippen LogP) is 3.19. The lowest BCUT2D eigenvalue weighted by molar-refractivity contribution is -0.164. The number of hydrogen-bond donors (Lipinski definition) is 0. The van der Waals surface area contributed by atoms with Crippen LogP contribution in [0.1, 0.15) is 53.4 Å². The number of carbonyl (C=O) groups is 2. The zero-order valence-electron chi connectivity index (χ0n) is 13.2. The number of esters is 2. The van der Waals surface area contributed by atoms with Gasteiger partial charge in [-0.1, -0.05) is 40.5 Å². The van der Waals surface area contributed by atoms with Gasteiger partial charge in [0.25, 0.3) is 0 Å². The Morgan fingerprint density at radius 3 is 1.50 bits per heavy atom. The summed E-state index contributed by atoms with van der Waals surface area (Å²) in [5, 5.41) is 0. The molecule has 1 aliphatic rings. The first-order valence-electron chi connectivity index (χ1n) is 7.75. The molecule has 1 aliphatic carbocycles. The number of rotatable bonds is 6. The molecular formula is C16H28O4. The molecule has 1 saturated carbocycles. The molecule has 20 heavy (non-hydrogen) atoms. The number of hydrogen-bond acceptors (Lipinski definition) is 4. The standard InChI is InChI=1S/C16H28O4/c1-11(2)9-19-15(17)13-7-5-6-8-14(13)16(18)20-10-12(3)4/h11-14H,5-10H2,1-4H3. The van der Waals surface area contributed by atoms with Crippen LogP contribution in [0.15, 0.2) is 0 Å². The molecule has 2 unspecified atom stereocenters. The molecule has 0 aromatic heterocycles. The van der Waals surface area contributed by atoms with E-state index in [0.717, 1.165) is 25.7 Å². The highest BCUT2D eigenvalue weighted by Crippen LogP contribution is 2.32. The summed E-state index contributed by atoms with van der Waals surface area (Å²) in [5.74, 6) is -0.470. The Kier molecular flexibility index (Phi) is 7.03. The Morgan fingerprint density at radius 2 is 1.20 bits per heavy atom. The molecular weight excluding hydrogens is 256 g/mol. The summed E-state index contributed by atoms with van der Waals surface area (Å²) in [6, 6.07) is 0. The molecule has 0 heterocycles. The van der Waals surface area contributed by atoms with Crippen LogP contribution in [0, 0.1) is 23.7 Å². The lowest BCUT2D eigenvalue weighted by Gasteiger charge is -2.28. The Balaban J connectivity index is 2.56. The van der Waals surface area contributed by atoms with E-state index in [2.05, 4.69) is 0 Å². The quantitative estimate of drug-likeness (QED) is 0.703. The highest BCUT2D eigenvalue weighted by Gasteiger charge is 2.37. The Morgan fingerprint density at radius 1 is 0.850 bits per heavy atom. The molecule has 0 amide bonds. The lowest BCUT2D eigenvalue weighted by atomic mass is 9.79. The van der Waals surface area contributed by atoms with Gasteiger partial charge in [-0.2, -0.15) is 0 Å². The SMILES string of the molecule is CC(C)COC(=O)C1CCCCC1C(=O)OCC(C)C. The van der Waals surface area contributed by atoms with Gasteiger partial charge in [-0.05, 0) is 24.7 Å². The van der Waals surface area contributed by atoms with Crippen LogP contribution in [-0.2, 0) is 19.1 Å². The third-order valence-corrected chi connectivity index (χ3v) is 3.49. The van der Waals surface area contributed by atoms with E-state index in [1.807, 2.05) is 27.7 Å². The second-order valence-electron chi connectivity index (χ2n) is 6.55. The fraction of sp³-hybridized carbons (Fsp3) is 0.875. The summed E-state index contributed by atoms with van der Waals surface area (Å²) >= 11 is 0. The highest BCUT2D eigenvalue weighted by molar-refractivity contribution is 5.82. The van der Waals surface area contributed by atoms with Gasteiger partial charge in [-0.25, -0.2) is 0 Å². The first-order valence-corrected chi connectivity index (χ1v) is 7.75. The van der Waals surface area contributed by atoms with Gasteiger partial charge in [-0.15, -0.1) is 0 Å². The zero-order chi connectivity index (χ0) is 15.1. The van der Waals surface area contributed by atoms with Crippen LogP contribution in [0.5, 0.6) is 0 Å². The number of ether oxygens (including phenoxy) is 2. The minimum absolute atomic E-state index is 0.232. The molecule has 1 rings (SSSR count). The Bertz CT molecular complexity index is 290. The van der Waals surface area contributed by atoms with Gasteiger partial charge in [0.1, 0.15) is 0 Å². The summed E-state index contributed by atoms with van der Waals surface area (Å²) in [7, 11) is 0. The van der Waals surface area contributed by atoms with Crippen LogP contribution in [0.4, 0.5) is 0 Å². The molecule has 4 heteroatoms. The van der Waals surface area contributed by atoms with Gasteiger partial charge in [0.15, 0.2) is 0 Å². The molecule has 0 aromatic carbocycles. The maximum atomic E-state index is 12.1. The smallest absolute Gasteiger partial charge is 0.309 e. The van der Waals surface area contributed by atoms with Crippen molar-refractivity contribution in [3.63, 3.8) is 0 Å². The number of carbonyl (C=O) groups excluding carboxylic acids is 2. The predicted molar refractivity (Wildman–Crippen MR) is 77.0 cm³/mol. The summed E-state index contributed by atoms with van der Waals surface area (Å²) in [6.07, 6.45) is 3.43. The second-order valence-corrected chi connectivity index (χ2v) is 6.55. The van der Waals surface area contributed by atoms with Gasteiger partial charge in [0, 0.05) is 0 Å². The normalized spacial score (nSPS) is 22.9. The van der Waals surface area contributed by atoms with Crippen molar-refractivity contribution in [2.45, 2.75) is 53.4 Å². The molecule has 0 spiro atoms. The van der Waals surface area contributed by atoms with Crippen molar-refractivity contribution >= 4 is 11.9 Å². The van der Waals surface area contributed by atoms with Crippen LogP contribution in [0.3, 0.4) is 0 Å². The molecule has 0 aromatic rings. The summed E-state index contributed by atoms with van der Waals surface area (Å²) in [6.45, 7) is 8.85. The topological polar surface area (TPSA) is 52.6 Å². The first-order chi connectivity index (χ1) is 9.41. The van der Waals surface area contributed by atoms with Crippen LogP contribution in [0.2, 0.25) is 0 Å². The van der Waals surface area contributed by atoms with Gasteiger partial charge in [0.05, 0.1) is 25.0 Å². The van der Waals surface area contributed by atoms with E-state index in [-0.39, 0.29) is 23.8 Å². The van der Waals surface area contributed by atoms with Crippen molar-refractivity contribution in [3.8, 4) is 0 Å². The Hall–Kier alpha value is -1.06. The van der Waals surface area contributed by atoms with Crippen molar-refractivity contribution in [2.24, 2.45) is 23.7 Å². The van der Waals surface area contributed by atoms with E-state index < -0.39 is 0 Å². The highest BCUT2D eigenvalue weighted by atomic mass is 16.5. The minimum Gasteiger partial charge on any atom is -0.465 e. The average molecular weight is 284 g/mol. The first kappa shape index (κ1) is 17.0. The van der Waals surface area contributed by atoms with Gasteiger partial charge >= 0.3 is 11.9 Å². The van der Waals surface area contributed by atoms with Crippen LogP contribution < -0.4 is 0 Å². The van der Waals surface area contributed by atoms with Crippen molar-refractivity contribution in [1.82, 2.24) is 0 Å². The third-order valence-electron chi connectivity index (χ3n) is 3.49. The summed E-state index contributed by atoms with van der Waals surface area (Å²) in [5.41, 5.74) is 0. The largest absolute Gasteiger partial charge is 0.465 e. The van der Waals surface area contributed by atoms with E-state index in [0.29, 0.717) is 25.0 Å². The Labute approximate surface area is 122 Å². The van der Waals surface area contributed by atoms with Crippen molar-refractivity contribution < 1.29 is 19.1 Å². The van der Waals surface area contributed by atoms with E-state index in [1.54, 1.807) is 0 Å². The third kappa shape index (κ3) is 5.51. The molecule has 0 N–H and O–H groups in total. The van der Waals surface area contributed by atoms with Gasteiger partial charge in [-0.3, -0.25) is 9.59 Å². The molecule has 4 nitrogen and oxygen atoms in total. The molecule has 0 saturated heterocycles. The maximum Gasteiger partial charge on any atom is 0.309 e. The zero-order valence-corrected chi connectivity index (χ0v) is 13.2. The maximum absolute atomic E-state index is 12.1.